The summed E-state index contributed by atoms with van der Waals surface area (Å²) in [6.45, 7) is 3.01. The summed E-state index contributed by atoms with van der Waals surface area (Å²) in [4.78, 5) is 14.7. The van der Waals surface area contributed by atoms with E-state index in [-0.39, 0.29) is 23.5 Å². The summed E-state index contributed by atoms with van der Waals surface area (Å²) in [7, 11) is 0. The first-order chi connectivity index (χ1) is 13.6. The molecule has 1 aliphatic rings. The highest BCUT2D eigenvalue weighted by molar-refractivity contribution is 7.98. The monoisotopic (exact) mass is 404 g/mol. The minimum Gasteiger partial charge on any atom is -0.355 e. The molecule has 0 aromatic heterocycles. The second-order valence-corrected chi connectivity index (χ2v) is 8.24. The highest BCUT2D eigenvalue weighted by Gasteiger charge is 2.25. The van der Waals surface area contributed by atoms with Gasteiger partial charge in [-0.1, -0.05) is 30.3 Å². The predicted molar refractivity (Wildman–Crippen MR) is 110 cm³/mol. The van der Waals surface area contributed by atoms with Crippen molar-refractivity contribution in [2.24, 2.45) is 5.92 Å². The molecule has 2 aromatic carbocycles. The number of carbonyl (C=O) groups excluding carboxylic acids is 1. The molecule has 1 heterocycles. The van der Waals surface area contributed by atoms with Crippen LogP contribution in [-0.2, 0) is 17.1 Å². The molecule has 0 radical (unpaired) electrons. The zero-order valence-corrected chi connectivity index (χ0v) is 16.7. The van der Waals surface area contributed by atoms with Crippen LogP contribution in [0.1, 0.15) is 24.0 Å². The first kappa shape index (κ1) is 20.8. The SMILES string of the molecule is O=C(NCCSCc1ccccc1F)[C@H]1CCCN(Cc2ccc(F)cc2)C1. The normalized spacial score (nSPS) is 17.4. The van der Waals surface area contributed by atoms with Crippen molar-refractivity contribution in [3.8, 4) is 0 Å². The molecule has 1 fully saturated rings. The van der Waals surface area contributed by atoms with Crippen molar-refractivity contribution in [1.82, 2.24) is 10.2 Å². The fourth-order valence-electron chi connectivity index (χ4n) is 3.45. The van der Waals surface area contributed by atoms with E-state index in [0.29, 0.717) is 17.9 Å². The van der Waals surface area contributed by atoms with Gasteiger partial charge in [0.1, 0.15) is 11.6 Å². The van der Waals surface area contributed by atoms with Gasteiger partial charge in [-0.3, -0.25) is 9.69 Å². The van der Waals surface area contributed by atoms with E-state index in [1.807, 2.05) is 6.07 Å². The van der Waals surface area contributed by atoms with E-state index in [4.69, 9.17) is 0 Å². The third-order valence-corrected chi connectivity index (χ3v) is 5.96. The summed E-state index contributed by atoms with van der Waals surface area (Å²) >= 11 is 1.62. The molecular weight excluding hydrogens is 378 g/mol. The Bertz CT molecular complexity index is 769. The number of halogens is 2. The van der Waals surface area contributed by atoms with Crippen molar-refractivity contribution in [3.63, 3.8) is 0 Å². The molecule has 3 nitrogen and oxygen atoms in total. The molecule has 0 spiro atoms. The topological polar surface area (TPSA) is 32.3 Å². The zero-order valence-electron chi connectivity index (χ0n) is 15.9. The number of amides is 1. The van der Waals surface area contributed by atoms with Crippen molar-refractivity contribution in [2.45, 2.75) is 25.1 Å². The van der Waals surface area contributed by atoms with Crippen LogP contribution in [0.25, 0.3) is 0 Å². The molecule has 0 unspecified atom stereocenters. The Labute approximate surface area is 169 Å². The molecule has 1 aliphatic heterocycles. The third-order valence-electron chi connectivity index (χ3n) is 4.96. The highest BCUT2D eigenvalue weighted by Crippen LogP contribution is 2.19. The second kappa shape index (κ2) is 10.6. The first-order valence-corrected chi connectivity index (χ1v) is 10.8. The molecule has 0 saturated carbocycles. The van der Waals surface area contributed by atoms with Gasteiger partial charge < -0.3 is 5.32 Å². The lowest BCUT2D eigenvalue weighted by Crippen LogP contribution is -2.43. The maximum atomic E-state index is 13.6. The minimum absolute atomic E-state index is 0.00855. The standard InChI is InChI=1S/C22H26F2N2OS/c23-20-9-7-17(8-10-20)14-26-12-3-5-18(15-26)22(27)25-11-13-28-16-19-4-1-2-6-21(19)24/h1-2,4,6-10,18H,3,5,11-16H2,(H,25,27)/t18-/m0/s1. The lowest BCUT2D eigenvalue weighted by Gasteiger charge is -2.32. The Balaban J connectivity index is 1.36. The summed E-state index contributed by atoms with van der Waals surface area (Å²) < 4.78 is 26.6. The molecule has 0 bridgehead atoms. The van der Waals surface area contributed by atoms with Crippen molar-refractivity contribution in [3.05, 3.63) is 71.3 Å². The number of benzene rings is 2. The lowest BCUT2D eigenvalue weighted by atomic mass is 9.96. The number of thioether (sulfide) groups is 1. The van der Waals surface area contributed by atoms with Crippen LogP contribution in [0.2, 0.25) is 0 Å². The van der Waals surface area contributed by atoms with Gasteiger partial charge in [-0.15, -0.1) is 0 Å². The van der Waals surface area contributed by atoms with Gasteiger partial charge in [-0.2, -0.15) is 11.8 Å². The number of likely N-dealkylation sites (tertiary alicyclic amines) is 1. The average molecular weight is 405 g/mol. The number of carbonyl (C=O) groups is 1. The smallest absolute Gasteiger partial charge is 0.224 e. The van der Waals surface area contributed by atoms with Crippen LogP contribution in [0.5, 0.6) is 0 Å². The Hall–Kier alpha value is -1.92. The van der Waals surface area contributed by atoms with Crippen LogP contribution in [-0.4, -0.2) is 36.2 Å². The van der Waals surface area contributed by atoms with E-state index in [1.165, 1.54) is 18.2 Å². The summed E-state index contributed by atoms with van der Waals surface area (Å²) in [5.41, 5.74) is 1.76. The number of hydrogen-bond acceptors (Lipinski definition) is 3. The van der Waals surface area contributed by atoms with Crippen molar-refractivity contribution in [1.29, 1.82) is 0 Å². The second-order valence-electron chi connectivity index (χ2n) is 7.14. The molecule has 3 rings (SSSR count). The maximum Gasteiger partial charge on any atom is 0.224 e. The van der Waals surface area contributed by atoms with Crippen LogP contribution >= 0.6 is 11.8 Å². The molecule has 150 valence electrons. The van der Waals surface area contributed by atoms with Crippen LogP contribution in [0.4, 0.5) is 8.78 Å². The van der Waals surface area contributed by atoms with Gasteiger partial charge in [0.05, 0.1) is 5.92 Å². The third kappa shape index (κ3) is 6.31. The maximum absolute atomic E-state index is 13.6. The van der Waals surface area contributed by atoms with Gasteiger partial charge in [0.2, 0.25) is 5.91 Å². The summed E-state index contributed by atoms with van der Waals surface area (Å²) in [5.74, 6) is 1.04. The number of nitrogens with one attached hydrogen (secondary N) is 1. The number of nitrogens with zero attached hydrogens (tertiary/aromatic N) is 1. The van der Waals surface area contributed by atoms with Crippen molar-refractivity contribution in [2.75, 3.05) is 25.4 Å². The Morgan fingerprint density at radius 1 is 1.14 bits per heavy atom. The van der Waals surface area contributed by atoms with Crippen LogP contribution in [0.15, 0.2) is 48.5 Å². The Morgan fingerprint density at radius 2 is 1.93 bits per heavy atom. The van der Waals surface area contributed by atoms with Crippen LogP contribution < -0.4 is 5.32 Å². The average Bonchev–Trinajstić information content (AvgIpc) is 2.71. The zero-order chi connectivity index (χ0) is 19.8. The van der Waals surface area contributed by atoms with Crippen molar-refractivity contribution < 1.29 is 13.6 Å². The van der Waals surface area contributed by atoms with E-state index in [9.17, 15) is 13.6 Å². The summed E-state index contributed by atoms with van der Waals surface area (Å²) in [6.07, 6.45) is 1.88. The van der Waals surface area contributed by atoms with E-state index in [0.717, 1.165) is 43.8 Å². The quantitative estimate of drug-likeness (QED) is 0.669. The number of piperidine rings is 1. The molecule has 2 aromatic rings. The minimum atomic E-state index is -0.229. The van der Waals surface area contributed by atoms with Gasteiger partial charge in [0, 0.05) is 31.1 Å². The van der Waals surface area contributed by atoms with Crippen LogP contribution in [0.3, 0.4) is 0 Å². The van der Waals surface area contributed by atoms with Gasteiger partial charge in [-0.25, -0.2) is 8.78 Å². The van der Waals surface area contributed by atoms with E-state index in [2.05, 4.69) is 10.2 Å². The molecule has 0 aliphatic carbocycles. The van der Waals surface area contributed by atoms with Gasteiger partial charge >= 0.3 is 0 Å². The molecule has 1 atom stereocenters. The van der Waals surface area contributed by atoms with E-state index < -0.39 is 0 Å². The fourth-order valence-corrected chi connectivity index (χ4v) is 4.29. The van der Waals surface area contributed by atoms with Gasteiger partial charge in [-0.05, 0) is 48.7 Å². The van der Waals surface area contributed by atoms with E-state index in [1.54, 1.807) is 36.0 Å². The largest absolute Gasteiger partial charge is 0.355 e. The predicted octanol–water partition coefficient (Wildman–Crippen LogP) is 4.23. The summed E-state index contributed by atoms with van der Waals surface area (Å²) in [6, 6.07) is 13.3. The van der Waals surface area contributed by atoms with E-state index >= 15 is 0 Å². The molecule has 28 heavy (non-hydrogen) atoms. The molecule has 1 N–H and O–H groups in total. The first-order valence-electron chi connectivity index (χ1n) is 9.67. The van der Waals surface area contributed by atoms with Crippen molar-refractivity contribution >= 4 is 17.7 Å². The fraction of sp³-hybridized carbons (Fsp3) is 0.409. The molecule has 1 saturated heterocycles. The Morgan fingerprint density at radius 3 is 2.71 bits per heavy atom. The van der Waals surface area contributed by atoms with Gasteiger partial charge in [0.25, 0.3) is 0 Å². The molecule has 6 heteroatoms. The number of hydrogen-bond donors (Lipinski definition) is 1. The van der Waals surface area contributed by atoms with Gasteiger partial charge in [0.15, 0.2) is 0 Å². The number of rotatable bonds is 8. The Kier molecular flexibility index (Phi) is 7.86. The molecular formula is C22H26F2N2OS. The molecule has 1 amide bonds. The lowest BCUT2D eigenvalue weighted by molar-refractivity contribution is -0.126. The summed E-state index contributed by atoms with van der Waals surface area (Å²) in [5, 5.41) is 3.02. The van der Waals surface area contributed by atoms with Crippen LogP contribution in [0, 0.1) is 17.6 Å². The highest BCUT2D eigenvalue weighted by atomic mass is 32.2.